The minimum atomic E-state index is -0.745. The van der Waals surface area contributed by atoms with Gasteiger partial charge in [0.25, 0.3) is 0 Å². The van der Waals surface area contributed by atoms with Crippen LogP contribution in [0.2, 0.25) is 5.02 Å². The van der Waals surface area contributed by atoms with Gasteiger partial charge in [-0.1, -0.05) is 43.6 Å². The van der Waals surface area contributed by atoms with Gasteiger partial charge in [-0.15, -0.1) is 0 Å². The molecule has 0 amide bonds. The first-order chi connectivity index (χ1) is 16.4. The number of hydrogen-bond acceptors (Lipinski definition) is 6. The fraction of sp³-hybridized carbons (Fsp3) is 0.462. The van der Waals surface area contributed by atoms with Crippen LogP contribution >= 0.6 is 11.6 Å². The minimum Gasteiger partial charge on any atom is -0.481 e. The molecule has 1 heterocycles. The third kappa shape index (κ3) is 9.18. The Kier molecular flexibility index (Phi) is 11.6. The lowest BCUT2D eigenvalue weighted by Gasteiger charge is -2.16. The van der Waals surface area contributed by atoms with Crippen LogP contribution in [0.4, 0.5) is 11.4 Å². The molecular formula is C26H34ClN3O4. The summed E-state index contributed by atoms with van der Waals surface area (Å²) in [5.74, 6) is 1.01. The monoisotopic (exact) mass is 487 g/mol. The molecule has 1 fully saturated rings. The Hall–Kier alpha value is -2.86. The Bertz CT molecular complexity index is 959. The molecule has 0 bridgehead atoms. The molecule has 0 saturated heterocycles. The Labute approximate surface area is 206 Å². The highest BCUT2D eigenvalue weighted by Gasteiger charge is 2.31. The number of carboxylic acid groups (broad SMARTS) is 1. The van der Waals surface area contributed by atoms with Crippen LogP contribution in [0.5, 0.6) is 0 Å². The van der Waals surface area contributed by atoms with Crippen molar-refractivity contribution in [2.75, 3.05) is 30.3 Å². The maximum absolute atomic E-state index is 9.37. The third-order valence-corrected chi connectivity index (χ3v) is 6.37. The van der Waals surface area contributed by atoms with Crippen molar-refractivity contribution in [1.29, 1.82) is 0 Å². The molecule has 2 aromatic carbocycles. The van der Waals surface area contributed by atoms with E-state index in [1.165, 1.54) is 28.8 Å². The highest BCUT2D eigenvalue weighted by atomic mass is 35.5. The van der Waals surface area contributed by atoms with E-state index in [1.54, 1.807) is 6.92 Å². The van der Waals surface area contributed by atoms with Crippen LogP contribution in [-0.2, 0) is 33.8 Å². The summed E-state index contributed by atoms with van der Waals surface area (Å²) in [7, 11) is 0. The number of rotatable bonds is 7. The fourth-order valence-corrected chi connectivity index (χ4v) is 4.04. The summed E-state index contributed by atoms with van der Waals surface area (Å²) in [4.78, 5) is 25.6. The molecule has 4 N–H and O–H groups in total. The fourth-order valence-electron chi connectivity index (χ4n) is 3.80. The quantitative estimate of drug-likeness (QED) is 0.451. The van der Waals surface area contributed by atoms with Gasteiger partial charge < -0.3 is 21.1 Å². The topological polar surface area (TPSA) is 108 Å². The predicted octanol–water partition coefficient (Wildman–Crippen LogP) is 4.61. The number of hydrogen-bond donors (Lipinski definition) is 4. The zero-order chi connectivity index (χ0) is 24.9. The zero-order valence-electron chi connectivity index (χ0n) is 19.8. The molecule has 0 unspecified atom stereocenters. The van der Waals surface area contributed by atoms with E-state index in [-0.39, 0.29) is 12.6 Å². The van der Waals surface area contributed by atoms with Crippen LogP contribution in [0.15, 0.2) is 36.4 Å². The van der Waals surface area contributed by atoms with Crippen LogP contribution in [0.25, 0.3) is 0 Å². The van der Waals surface area contributed by atoms with Crippen molar-refractivity contribution in [3.05, 3.63) is 58.1 Å². The Balaban J connectivity index is 0.000000447. The molecule has 2 aromatic rings. The van der Waals surface area contributed by atoms with Gasteiger partial charge in [-0.25, -0.2) is 0 Å². The lowest BCUT2D eigenvalue weighted by atomic mass is 10.0. The van der Waals surface area contributed by atoms with Crippen LogP contribution in [0.1, 0.15) is 43.4 Å². The number of halogens is 1. The van der Waals surface area contributed by atoms with Crippen LogP contribution in [-0.4, -0.2) is 36.9 Å². The number of anilines is 2. The average molecular weight is 488 g/mol. The number of carbonyl (C=O) groups excluding carboxylic acids is 2. The van der Waals surface area contributed by atoms with E-state index in [0.29, 0.717) is 0 Å². The van der Waals surface area contributed by atoms with Crippen LogP contribution in [0, 0.1) is 11.8 Å². The normalized spacial score (nSPS) is 17.9. The van der Waals surface area contributed by atoms with Gasteiger partial charge in [0.15, 0.2) is 0 Å². The maximum atomic E-state index is 9.37. The molecule has 1 saturated carbocycles. The van der Waals surface area contributed by atoms with Gasteiger partial charge in [0.1, 0.15) is 0 Å². The molecule has 1 aliphatic carbocycles. The van der Waals surface area contributed by atoms with Crippen molar-refractivity contribution in [1.82, 2.24) is 5.32 Å². The summed E-state index contributed by atoms with van der Waals surface area (Å²) < 4.78 is 0. The van der Waals surface area contributed by atoms with Crippen molar-refractivity contribution in [3.63, 3.8) is 0 Å². The molecule has 1 aliphatic heterocycles. The van der Waals surface area contributed by atoms with E-state index in [0.717, 1.165) is 61.6 Å². The molecule has 0 aromatic heterocycles. The molecule has 34 heavy (non-hydrogen) atoms. The maximum Gasteiger partial charge on any atom is 0.373 e. The second-order valence-electron chi connectivity index (χ2n) is 8.55. The Morgan fingerprint density at radius 3 is 2.32 bits per heavy atom. The largest absolute Gasteiger partial charge is 0.481 e. The molecule has 7 nitrogen and oxygen atoms in total. The summed E-state index contributed by atoms with van der Waals surface area (Å²) in [6.45, 7) is 7.88. The van der Waals surface area contributed by atoms with Gasteiger partial charge in [-0.3, -0.25) is 4.79 Å². The Morgan fingerprint density at radius 1 is 1.12 bits per heavy atom. The summed E-state index contributed by atoms with van der Waals surface area (Å²) in [6.07, 6.45) is 3.94. The average Bonchev–Trinajstić information content (AvgIpc) is 3.59. The number of carbonyl (C=O) groups is 1. The van der Waals surface area contributed by atoms with E-state index < -0.39 is 5.97 Å². The molecule has 2 atom stereocenters. The summed E-state index contributed by atoms with van der Waals surface area (Å²) >= 11 is 6.50. The molecule has 2 aliphatic rings. The van der Waals surface area contributed by atoms with Gasteiger partial charge in [-0.2, -0.15) is 9.59 Å². The standard InChI is InChI=1S/C22H28ClN3.C3H6O2.CO2/c1-15-12-18(15)14-25-19-5-2-16(3-6-19)13-26-22-20-9-11-24-10-8-17(20)4-7-21(22)23;1-2-3(4)5;2-1-3/h2-7,15,18,24-26H,8-14H2,1H3;2H2,1H3,(H,4,5);/t15-,18+;;/m1../s1. The van der Waals surface area contributed by atoms with E-state index in [9.17, 15) is 4.79 Å². The molecule has 4 rings (SSSR count). The smallest absolute Gasteiger partial charge is 0.373 e. The van der Waals surface area contributed by atoms with Crippen LogP contribution < -0.4 is 16.0 Å². The van der Waals surface area contributed by atoms with E-state index in [4.69, 9.17) is 26.3 Å². The van der Waals surface area contributed by atoms with Gasteiger partial charge in [0, 0.05) is 25.2 Å². The van der Waals surface area contributed by atoms with Gasteiger partial charge >= 0.3 is 12.1 Å². The highest BCUT2D eigenvalue weighted by molar-refractivity contribution is 6.33. The number of benzene rings is 2. The zero-order valence-corrected chi connectivity index (χ0v) is 20.6. The number of carboxylic acids is 1. The lowest BCUT2D eigenvalue weighted by molar-refractivity contribution is -0.191. The molecule has 0 radical (unpaired) electrons. The number of fused-ring (bicyclic) bond motifs is 1. The molecule has 0 spiro atoms. The third-order valence-electron chi connectivity index (χ3n) is 6.05. The van der Waals surface area contributed by atoms with Gasteiger partial charge in [0.05, 0.1) is 10.7 Å². The van der Waals surface area contributed by atoms with Crippen molar-refractivity contribution in [2.24, 2.45) is 11.8 Å². The first-order valence-corrected chi connectivity index (χ1v) is 12.1. The summed E-state index contributed by atoms with van der Waals surface area (Å²) in [5.41, 5.74) is 6.38. The number of nitrogens with one attached hydrogen (secondary N) is 3. The second kappa shape index (κ2) is 14.4. The summed E-state index contributed by atoms with van der Waals surface area (Å²) in [5, 5.41) is 19.2. The van der Waals surface area contributed by atoms with Gasteiger partial charge in [-0.05, 0) is 79.1 Å². The lowest BCUT2D eigenvalue weighted by Crippen LogP contribution is -2.16. The second-order valence-corrected chi connectivity index (χ2v) is 8.95. The molecule has 8 heteroatoms. The Morgan fingerprint density at radius 2 is 1.74 bits per heavy atom. The van der Waals surface area contributed by atoms with E-state index in [2.05, 4.69) is 53.2 Å². The first kappa shape index (κ1) is 27.4. The van der Waals surface area contributed by atoms with Crippen LogP contribution in [0.3, 0.4) is 0 Å². The first-order valence-electron chi connectivity index (χ1n) is 11.7. The van der Waals surface area contributed by atoms with Crippen molar-refractivity contribution < 1.29 is 19.5 Å². The van der Waals surface area contributed by atoms with Crippen molar-refractivity contribution >= 4 is 35.1 Å². The number of aliphatic carboxylic acids is 1. The summed E-state index contributed by atoms with van der Waals surface area (Å²) in [6, 6.07) is 13.0. The molecular weight excluding hydrogens is 454 g/mol. The predicted molar refractivity (Wildman–Crippen MR) is 134 cm³/mol. The molecule has 184 valence electrons. The SMILES string of the molecule is CCC(=O)O.C[C@@H]1C[C@H]1CNc1ccc(CNc2c(Cl)ccc3c2CCNCC3)cc1.O=C=O. The van der Waals surface area contributed by atoms with E-state index in [1.807, 2.05) is 6.07 Å². The van der Waals surface area contributed by atoms with E-state index >= 15 is 0 Å². The van der Waals surface area contributed by atoms with Crippen molar-refractivity contribution in [3.8, 4) is 0 Å². The van der Waals surface area contributed by atoms with Crippen molar-refractivity contribution in [2.45, 2.75) is 46.1 Å². The minimum absolute atomic E-state index is 0.222. The highest BCUT2D eigenvalue weighted by Crippen LogP contribution is 2.37. The van der Waals surface area contributed by atoms with Gasteiger partial charge in [0.2, 0.25) is 0 Å².